The van der Waals surface area contributed by atoms with Gasteiger partial charge in [-0.25, -0.2) is 9.18 Å². The highest BCUT2D eigenvalue weighted by molar-refractivity contribution is 7.14. The monoisotopic (exact) mass is 299 g/mol. The zero-order valence-corrected chi connectivity index (χ0v) is 11.6. The molecule has 0 spiro atoms. The van der Waals surface area contributed by atoms with E-state index in [2.05, 4.69) is 0 Å². The van der Waals surface area contributed by atoms with E-state index in [1.54, 1.807) is 12.1 Å². The predicted molar refractivity (Wildman–Crippen MR) is 74.0 cm³/mol. The van der Waals surface area contributed by atoms with Crippen molar-refractivity contribution in [2.24, 2.45) is 0 Å². The molecule has 0 fully saturated rings. The molecule has 100 valence electrons. The van der Waals surface area contributed by atoms with Crippen LogP contribution in [-0.4, -0.2) is 5.97 Å². The summed E-state index contributed by atoms with van der Waals surface area (Å²) < 4.78 is 18.5. The third kappa shape index (κ3) is 3.05. The molecule has 0 amide bonds. The molecule has 0 aliphatic carbocycles. The second kappa shape index (κ2) is 5.59. The number of aryl methyl sites for hydroxylation is 1. The maximum Gasteiger partial charge on any atom is 0.348 e. The van der Waals surface area contributed by atoms with Gasteiger partial charge in [0, 0.05) is 16.1 Å². The fourth-order valence-corrected chi connectivity index (χ4v) is 2.53. The number of rotatable bonds is 3. The molecule has 2 rings (SSSR count). The first-order valence-electron chi connectivity index (χ1n) is 5.45. The van der Waals surface area contributed by atoms with Crippen molar-refractivity contribution in [3.05, 3.63) is 50.4 Å². The van der Waals surface area contributed by atoms with Crippen LogP contribution in [0.4, 0.5) is 10.1 Å². The molecular formula is C13H11ClFNO2S. The molecule has 6 heteroatoms. The number of esters is 1. The number of hydrogen-bond acceptors (Lipinski definition) is 4. The first kappa shape index (κ1) is 13.8. The van der Waals surface area contributed by atoms with E-state index >= 15 is 0 Å². The van der Waals surface area contributed by atoms with Crippen LogP contribution in [0.3, 0.4) is 0 Å². The molecule has 2 N–H and O–H groups in total. The number of carbonyl (C=O) groups is 1. The van der Waals surface area contributed by atoms with Crippen molar-refractivity contribution in [1.29, 1.82) is 0 Å². The Morgan fingerprint density at radius 3 is 2.84 bits per heavy atom. The van der Waals surface area contributed by atoms with E-state index in [0.29, 0.717) is 10.6 Å². The fraction of sp³-hybridized carbons (Fsp3) is 0.154. The molecule has 0 saturated heterocycles. The summed E-state index contributed by atoms with van der Waals surface area (Å²) in [7, 11) is 0. The third-order valence-corrected chi connectivity index (χ3v) is 3.97. The van der Waals surface area contributed by atoms with Crippen molar-refractivity contribution in [3.63, 3.8) is 0 Å². The standard InChI is InChI=1S/C13H11ClFNO2S/c1-7-11(16)5-12(19-7)13(17)18-6-8-9(14)3-2-4-10(8)15/h2-5H,6,16H2,1H3. The minimum atomic E-state index is -0.538. The summed E-state index contributed by atoms with van der Waals surface area (Å²) in [5.41, 5.74) is 6.36. The van der Waals surface area contributed by atoms with Gasteiger partial charge in [0.2, 0.25) is 0 Å². The smallest absolute Gasteiger partial charge is 0.348 e. The van der Waals surface area contributed by atoms with E-state index in [4.69, 9.17) is 22.1 Å². The Bertz CT molecular complexity index is 587. The van der Waals surface area contributed by atoms with E-state index in [0.717, 1.165) is 4.88 Å². The van der Waals surface area contributed by atoms with Gasteiger partial charge in [-0.2, -0.15) is 0 Å². The van der Waals surface area contributed by atoms with Gasteiger partial charge >= 0.3 is 5.97 Å². The van der Waals surface area contributed by atoms with Gasteiger partial charge in [0.25, 0.3) is 0 Å². The van der Waals surface area contributed by atoms with E-state index in [1.807, 2.05) is 6.92 Å². The summed E-state index contributed by atoms with van der Waals surface area (Å²) in [5.74, 6) is -1.04. The van der Waals surface area contributed by atoms with Crippen molar-refractivity contribution >= 4 is 34.6 Å². The van der Waals surface area contributed by atoms with Crippen LogP contribution in [-0.2, 0) is 11.3 Å². The summed E-state index contributed by atoms with van der Waals surface area (Å²) in [5, 5.41) is 0.231. The third-order valence-electron chi connectivity index (χ3n) is 2.57. The summed E-state index contributed by atoms with van der Waals surface area (Å²) in [4.78, 5) is 13.0. The molecule has 2 aromatic rings. The van der Waals surface area contributed by atoms with Crippen LogP contribution in [0.1, 0.15) is 20.1 Å². The lowest BCUT2D eigenvalue weighted by Gasteiger charge is -2.06. The Kier molecular flexibility index (Phi) is 4.07. The lowest BCUT2D eigenvalue weighted by atomic mass is 10.2. The first-order chi connectivity index (χ1) is 8.99. The Morgan fingerprint density at radius 2 is 2.26 bits per heavy atom. The van der Waals surface area contributed by atoms with E-state index in [-0.39, 0.29) is 17.2 Å². The van der Waals surface area contributed by atoms with Gasteiger partial charge in [-0.3, -0.25) is 0 Å². The van der Waals surface area contributed by atoms with Gasteiger partial charge < -0.3 is 10.5 Å². The zero-order valence-electron chi connectivity index (χ0n) is 10.1. The van der Waals surface area contributed by atoms with Crippen molar-refractivity contribution in [2.45, 2.75) is 13.5 Å². The molecule has 1 aromatic carbocycles. The van der Waals surface area contributed by atoms with Crippen molar-refractivity contribution < 1.29 is 13.9 Å². The lowest BCUT2D eigenvalue weighted by Crippen LogP contribution is -2.05. The van der Waals surface area contributed by atoms with Crippen LogP contribution in [0.5, 0.6) is 0 Å². The van der Waals surface area contributed by atoms with Crippen LogP contribution in [0, 0.1) is 12.7 Å². The van der Waals surface area contributed by atoms with Gasteiger partial charge in [-0.05, 0) is 25.1 Å². The van der Waals surface area contributed by atoms with Gasteiger partial charge in [-0.15, -0.1) is 11.3 Å². The molecule has 0 unspecified atom stereocenters. The number of nitrogen functional groups attached to an aromatic ring is 1. The zero-order chi connectivity index (χ0) is 14.0. The largest absolute Gasteiger partial charge is 0.456 e. The maximum absolute atomic E-state index is 13.5. The molecular weight excluding hydrogens is 289 g/mol. The Labute approximate surface area is 118 Å². The van der Waals surface area contributed by atoms with Crippen molar-refractivity contribution in [1.82, 2.24) is 0 Å². The van der Waals surface area contributed by atoms with Crippen LogP contribution < -0.4 is 5.73 Å². The fourth-order valence-electron chi connectivity index (χ4n) is 1.48. The van der Waals surface area contributed by atoms with Crippen molar-refractivity contribution in [3.8, 4) is 0 Å². The number of halogens is 2. The summed E-state index contributed by atoms with van der Waals surface area (Å²) >= 11 is 7.08. The molecule has 1 heterocycles. The molecule has 0 aliphatic rings. The van der Waals surface area contributed by atoms with Gasteiger partial charge in [0.1, 0.15) is 17.3 Å². The predicted octanol–water partition coefficient (Wildman–Crippen LogP) is 3.79. The highest BCUT2D eigenvalue weighted by atomic mass is 35.5. The number of thiophene rings is 1. The minimum Gasteiger partial charge on any atom is -0.456 e. The first-order valence-corrected chi connectivity index (χ1v) is 6.64. The average molecular weight is 300 g/mol. The molecule has 1 aromatic heterocycles. The van der Waals surface area contributed by atoms with Gasteiger partial charge in [0.05, 0.1) is 5.02 Å². The number of ether oxygens (including phenoxy) is 1. The van der Waals surface area contributed by atoms with Gasteiger partial charge in [0.15, 0.2) is 0 Å². The summed E-state index contributed by atoms with van der Waals surface area (Å²) in [6, 6.07) is 5.85. The highest BCUT2D eigenvalue weighted by Gasteiger charge is 2.14. The quantitative estimate of drug-likeness (QED) is 0.877. The van der Waals surface area contributed by atoms with Crippen molar-refractivity contribution in [2.75, 3.05) is 5.73 Å². The molecule has 3 nitrogen and oxygen atoms in total. The van der Waals surface area contributed by atoms with Crippen LogP contribution >= 0.6 is 22.9 Å². The molecule has 0 aliphatic heterocycles. The Hall–Kier alpha value is -1.59. The maximum atomic E-state index is 13.5. The Balaban J connectivity index is 2.08. The SMILES string of the molecule is Cc1sc(C(=O)OCc2c(F)cccc2Cl)cc1N. The summed E-state index contributed by atoms with van der Waals surface area (Å²) in [6.45, 7) is 1.60. The molecule has 0 bridgehead atoms. The second-order valence-electron chi connectivity index (χ2n) is 3.90. The topological polar surface area (TPSA) is 52.3 Å². The number of carbonyl (C=O) groups excluding carboxylic acids is 1. The number of nitrogens with two attached hydrogens (primary N) is 1. The van der Waals surface area contributed by atoms with E-state index in [9.17, 15) is 9.18 Å². The molecule has 19 heavy (non-hydrogen) atoms. The van der Waals surface area contributed by atoms with Crippen LogP contribution in [0.25, 0.3) is 0 Å². The summed E-state index contributed by atoms with van der Waals surface area (Å²) in [6.07, 6.45) is 0. The second-order valence-corrected chi connectivity index (χ2v) is 5.56. The Morgan fingerprint density at radius 1 is 1.53 bits per heavy atom. The van der Waals surface area contributed by atoms with Crippen LogP contribution in [0.15, 0.2) is 24.3 Å². The molecule has 0 atom stereocenters. The molecule has 0 radical (unpaired) electrons. The molecule has 0 saturated carbocycles. The van der Waals surface area contributed by atoms with Crippen LogP contribution in [0.2, 0.25) is 5.02 Å². The van der Waals surface area contributed by atoms with E-state index < -0.39 is 11.8 Å². The lowest BCUT2D eigenvalue weighted by molar-refractivity contribution is 0.0475. The average Bonchev–Trinajstić information content (AvgIpc) is 2.69. The minimum absolute atomic E-state index is 0.166. The number of anilines is 1. The normalized spacial score (nSPS) is 10.5. The highest BCUT2D eigenvalue weighted by Crippen LogP contribution is 2.25. The number of hydrogen-bond donors (Lipinski definition) is 1. The van der Waals surface area contributed by atoms with E-state index in [1.165, 1.54) is 23.5 Å². The number of benzene rings is 1. The van der Waals surface area contributed by atoms with Gasteiger partial charge in [-0.1, -0.05) is 17.7 Å².